The summed E-state index contributed by atoms with van der Waals surface area (Å²) in [4.78, 5) is 15.7. The van der Waals surface area contributed by atoms with Gasteiger partial charge in [-0.05, 0) is 63.4 Å². The fraction of sp³-hybridized carbons (Fsp3) is 0. The summed E-state index contributed by atoms with van der Waals surface area (Å²) in [6, 6.07) is 66.2. The van der Waals surface area contributed by atoms with Gasteiger partial charge in [-0.2, -0.15) is 0 Å². The molecular formula is C49H31N3. The van der Waals surface area contributed by atoms with Gasteiger partial charge in [-0.25, -0.2) is 15.0 Å². The summed E-state index contributed by atoms with van der Waals surface area (Å²) in [5.41, 5.74) is 13.4. The number of rotatable bonds is 5. The first-order valence-corrected chi connectivity index (χ1v) is 17.6. The summed E-state index contributed by atoms with van der Waals surface area (Å²) in [5.74, 6) is 0. The Morgan fingerprint density at radius 2 is 0.788 bits per heavy atom. The number of nitrogens with zero attached hydrogens (tertiary/aromatic N) is 3. The minimum absolute atomic E-state index is 0.903. The number of benzene rings is 7. The standard InChI is InChI=1S/C49H31N3/c1-4-13-32(14-5-1)42-31-45(34-17-8-3-9-18-34)50-46-30-41(39-21-10-11-22-40(39)47(42)46)37-19-12-20-38(29-37)44-28-26-36-24-23-35-25-27-43(33-15-6-2-7-16-33)51-48(35)49(36)52-44/h1-31H. The van der Waals surface area contributed by atoms with Crippen LogP contribution in [-0.4, -0.2) is 15.0 Å². The highest BCUT2D eigenvalue weighted by molar-refractivity contribution is 6.18. The molecule has 0 N–H and O–H groups in total. The first kappa shape index (κ1) is 29.9. The van der Waals surface area contributed by atoms with Gasteiger partial charge < -0.3 is 0 Å². The van der Waals surface area contributed by atoms with E-state index in [4.69, 9.17) is 15.0 Å². The van der Waals surface area contributed by atoms with Gasteiger partial charge in [-0.15, -0.1) is 0 Å². The van der Waals surface area contributed by atoms with Crippen molar-refractivity contribution < 1.29 is 0 Å². The molecule has 0 amide bonds. The van der Waals surface area contributed by atoms with Gasteiger partial charge in [0.15, 0.2) is 0 Å². The van der Waals surface area contributed by atoms with Gasteiger partial charge in [-0.3, -0.25) is 0 Å². The summed E-state index contributed by atoms with van der Waals surface area (Å²) >= 11 is 0. The Labute approximate surface area is 301 Å². The predicted molar refractivity (Wildman–Crippen MR) is 217 cm³/mol. The number of hydrogen-bond donors (Lipinski definition) is 0. The third-order valence-electron chi connectivity index (χ3n) is 10.0. The quantitative estimate of drug-likeness (QED) is 0.172. The van der Waals surface area contributed by atoms with Gasteiger partial charge in [0.05, 0.1) is 33.6 Å². The normalized spacial score (nSPS) is 11.5. The van der Waals surface area contributed by atoms with Crippen molar-refractivity contribution >= 4 is 43.5 Å². The average molecular weight is 662 g/mol. The van der Waals surface area contributed by atoms with Crippen molar-refractivity contribution in [2.75, 3.05) is 0 Å². The Kier molecular flexibility index (Phi) is 7.14. The summed E-state index contributed by atoms with van der Waals surface area (Å²) in [6.45, 7) is 0. The zero-order chi connectivity index (χ0) is 34.4. The Balaban J connectivity index is 1.16. The molecule has 0 atom stereocenters. The van der Waals surface area contributed by atoms with Gasteiger partial charge in [-0.1, -0.05) is 158 Å². The lowest BCUT2D eigenvalue weighted by atomic mass is 9.90. The predicted octanol–water partition coefficient (Wildman–Crippen LogP) is 12.8. The molecule has 0 saturated carbocycles. The molecule has 52 heavy (non-hydrogen) atoms. The van der Waals surface area contributed by atoms with Gasteiger partial charge in [0.25, 0.3) is 0 Å². The van der Waals surface area contributed by atoms with Crippen molar-refractivity contribution in [3.8, 4) is 56.0 Å². The molecule has 10 rings (SSSR count). The molecule has 0 radical (unpaired) electrons. The highest BCUT2D eigenvalue weighted by atomic mass is 14.8. The minimum atomic E-state index is 0.903. The third-order valence-corrected chi connectivity index (χ3v) is 10.0. The highest BCUT2D eigenvalue weighted by Crippen LogP contribution is 2.41. The topological polar surface area (TPSA) is 38.7 Å². The van der Waals surface area contributed by atoms with E-state index >= 15 is 0 Å². The van der Waals surface area contributed by atoms with Crippen LogP contribution in [0.25, 0.3) is 99.5 Å². The Bertz CT molecular complexity index is 2940. The zero-order valence-corrected chi connectivity index (χ0v) is 28.2. The molecule has 0 spiro atoms. The lowest BCUT2D eigenvalue weighted by Crippen LogP contribution is -1.94. The molecule has 0 aliphatic carbocycles. The molecule has 3 heteroatoms. The molecule has 0 fully saturated rings. The van der Waals surface area contributed by atoms with Gasteiger partial charge >= 0.3 is 0 Å². The fourth-order valence-corrected chi connectivity index (χ4v) is 7.49. The molecule has 0 bridgehead atoms. The summed E-state index contributed by atoms with van der Waals surface area (Å²) < 4.78 is 0. The van der Waals surface area contributed by atoms with Gasteiger partial charge in [0, 0.05) is 32.8 Å². The molecule has 7 aromatic carbocycles. The van der Waals surface area contributed by atoms with Crippen molar-refractivity contribution in [2.24, 2.45) is 0 Å². The molecule has 3 nitrogen and oxygen atoms in total. The van der Waals surface area contributed by atoms with E-state index < -0.39 is 0 Å². The molecule has 242 valence electrons. The average Bonchev–Trinajstić information content (AvgIpc) is 3.23. The van der Waals surface area contributed by atoms with Crippen LogP contribution in [0.5, 0.6) is 0 Å². The maximum atomic E-state index is 5.32. The van der Waals surface area contributed by atoms with E-state index in [2.05, 4.69) is 164 Å². The van der Waals surface area contributed by atoms with Crippen LogP contribution in [0, 0.1) is 0 Å². The van der Waals surface area contributed by atoms with Crippen molar-refractivity contribution in [2.45, 2.75) is 0 Å². The highest BCUT2D eigenvalue weighted by Gasteiger charge is 2.17. The molecule has 10 aromatic rings. The van der Waals surface area contributed by atoms with E-state index in [1.54, 1.807) is 0 Å². The summed E-state index contributed by atoms with van der Waals surface area (Å²) in [5, 5.41) is 5.67. The lowest BCUT2D eigenvalue weighted by Gasteiger charge is -2.16. The molecule has 0 aliphatic rings. The number of pyridine rings is 3. The largest absolute Gasteiger partial charge is 0.248 e. The summed E-state index contributed by atoms with van der Waals surface area (Å²) in [6.07, 6.45) is 0. The molecule has 3 heterocycles. The van der Waals surface area contributed by atoms with E-state index in [1.165, 1.54) is 21.9 Å². The lowest BCUT2D eigenvalue weighted by molar-refractivity contribution is 1.36. The third kappa shape index (κ3) is 5.19. The smallest absolute Gasteiger partial charge is 0.0972 e. The van der Waals surface area contributed by atoms with Crippen LogP contribution in [0.4, 0.5) is 0 Å². The molecule has 3 aromatic heterocycles. The molecule has 0 unspecified atom stereocenters. The fourth-order valence-electron chi connectivity index (χ4n) is 7.49. The van der Waals surface area contributed by atoms with Crippen LogP contribution in [-0.2, 0) is 0 Å². The molecular weight excluding hydrogens is 631 g/mol. The maximum absolute atomic E-state index is 5.32. The van der Waals surface area contributed by atoms with E-state index in [9.17, 15) is 0 Å². The first-order valence-electron chi connectivity index (χ1n) is 17.6. The van der Waals surface area contributed by atoms with E-state index in [1.807, 2.05) is 24.3 Å². The number of fused-ring (bicyclic) bond motifs is 6. The monoisotopic (exact) mass is 661 g/mol. The van der Waals surface area contributed by atoms with Crippen molar-refractivity contribution in [1.82, 2.24) is 15.0 Å². The minimum Gasteiger partial charge on any atom is -0.248 e. The van der Waals surface area contributed by atoms with E-state index in [0.717, 1.165) is 77.6 Å². The van der Waals surface area contributed by atoms with Crippen LogP contribution in [0.1, 0.15) is 0 Å². The van der Waals surface area contributed by atoms with Crippen LogP contribution in [0.2, 0.25) is 0 Å². The first-order chi connectivity index (χ1) is 25.8. The van der Waals surface area contributed by atoms with Gasteiger partial charge in [0.2, 0.25) is 0 Å². The van der Waals surface area contributed by atoms with Crippen LogP contribution < -0.4 is 0 Å². The molecule has 0 saturated heterocycles. The van der Waals surface area contributed by atoms with Crippen LogP contribution in [0.15, 0.2) is 188 Å². The second-order valence-electron chi connectivity index (χ2n) is 13.2. The summed E-state index contributed by atoms with van der Waals surface area (Å²) in [7, 11) is 0. The van der Waals surface area contributed by atoms with Crippen molar-refractivity contribution in [3.63, 3.8) is 0 Å². The Morgan fingerprint density at radius 3 is 1.44 bits per heavy atom. The second-order valence-corrected chi connectivity index (χ2v) is 13.2. The Hall–Kier alpha value is -6.97. The second kappa shape index (κ2) is 12.4. The Morgan fingerprint density at radius 1 is 0.288 bits per heavy atom. The van der Waals surface area contributed by atoms with Gasteiger partial charge in [0.1, 0.15) is 0 Å². The SMILES string of the molecule is c1ccc(-c2cc(-c3ccccc3)c3c(cc(-c4cccc(-c5ccc6ccc7ccc(-c8ccccc8)nc7c6n5)c4)c4ccccc43)n2)cc1. The maximum Gasteiger partial charge on any atom is 0.0972 e. The van der Waals surface area contributed by atoms with Crippen molar-refractivity contribution in [1.29, 1.82) is 0 Å². The zero-order valence-electron chi connectivity index (χ0n) is 28.2. The number of hydrogen-bond acceptors (Lipinski definition) is 3. The van der Waals surface area contributed by atoms with Crippen LogP contribution in [0.3, 0.4) is 0 Å². The molecule has 0 aliphatic heterocycles. The van der Waals surface area contributed by atoms with Crippen LogP contribution >= 0.6 is 0 Å². The van der Waals surface area contributed by atoms with Crippen molar-refractivity contribution in [3.05, 3.63) is 188 Å². The number of aromatic nitrogens is 3. The van der Waals surface area contributed by atoms with E-state index in [-0.39, 0.29) is 0 Å². The van der Waals surface area contributed by atoms with E-state index in [0.29, 0.717) is 0 Å².